The number of hydrogen-bond donors (Lipinski definition) is 0. The minimum absolute atomic E-state index is 0.237. The average Bonchev–Trinajstić information content (AvgIpc) is 2.26. The van der Waals surface area contributed by atoms with Crippen molar-refractivity contribution in [3.8, 4) is 6.07 Å². The van der Waals surface area contributed by atoms with Crippen LogP contribution in [0.1, 0.15) is 6.42 Å². The van der Waals surface area contributed by atoms with Crippen LogP contribution in [0.15, 0.2) is 35.5 Å². The monoisotopic (exact) mass is 185 g/mol. The smallest absolute Gasteiger partial charge is 0.192 e. The Bertz CT molecular complexity index is 326. The van der Waals surface area contributed by atoms with Gasteiger partial charge in [0.05, 0.1) is 17.2 Å². The largest absolute Gasteiger partial charge is 0.414 e. The molecule has 0 aliphatic heterocycles. The quantitative estimate of drug-likeness (QED) is 0.569. The van der Waals surface area contributed by atoms with E-state index in [1.165, 1.54) is 30.4 Å². The summed E-state index contributed by atoms with van der Waals surface area (Å²) in [7, 11) is 0. The summed E-state index contributed by atoms with van der Waals surface area (Å²) in [6, 6.07) is 1.53. The zero-order chi connectivity index (χ0) is 9.90. The molecule has 0 fully saturated rings. The minimum atomic E-state index is -4.41. The van der Waals surface area contributed by atoms with Crippen LogP contribution >= 0.6 is 0 Å². The molecule has 68 valence electrons. The highest BCUT2D eigenvalue weighted by Crippen LogP contribution is 2.32. The third-order valence-electron chi connectivity index (χ3n) is 1.62. The highest BCUT2D eigenvalue weighted by atomic mass is 19.4. The van der Waals surface area contributed by atoms with Gasteiger partial charge in [0, 0.05) is 0 Å². The number of rotatable bonds is 0. The Labute approximate surface area is 73.5 Å². The lowest BCUT2D eigenvalue weighted by molar-refractivity contribution is -0.0933. The molecule has 0 N–H and O–H groups in total. The normalized spacial score (nSPS) is 17.1. The van der Waals surface area contributed by atoms with Crippen LogP contribution in [-0.4, -0.2) is 6.18 Å². The van der Waals surface area contributed by atoms with Crippen molar-refractivity contribution in [3.63, 3.8) is 0 Å². The number of nitriles is 1. The van der Waals surface area contributed by atoms with Gasteiger partial charge in [-0.1, -0.05) is 18.2 Å². The maximum Gasteiger partial charge on any atom is 0.414 e. The Kier molecular flexibility index (Phi) is 2.57. The lowest BCUT2D eigenvalue weighted by atomic mass is 10.1. The van der Waals surface area contributed by atoms with Gasteiger partial charge >= 0.3 is 6.18 Å². The van der Waals surface area contributed by atoms with Crippen LogP contribution in [0.25, 0.3) is 0 Å². The Morgan fingerprint density at radius 2 is 2.00 bits per heavy atom. The van der Waals surface area contributed by atoms with Crippen LogP contribution in [0, 0.1) is 11.3 Å². The molecule has 1 nitrogen and oxygen atoms in total. The van der Waals surface area contributed by atoms with E-state index in [1.54, 1.807) is 0 Å². The molecule has 0 radical (unpaired) electrons. The zero-order valence-corrected chi connectivity index (χ0v) is 6.60. The van der Waals surface area contributed by atoms with Crippen molar-refractivity contribution in [3.05, 3.63) is 35.5 Å². The van der Waals surface area contributed by atoms with Crippen molar-refractivity contribution < 1.29 is 13.2 Å². The number of alkyl halides is 3. The van der Waals surface area contributed by atoms with Crippen LogP contribution in [0.2, 0.25) is 0 Å². The van der Waals surface area contributed by atoms with Gasteiger partial charge in [-0.15, -0.1) is 0 Å². The molecule has 0 amide bonds. The Hall–Kier alpha value is -1.50. The van der Waals surface area contributed by atoms with E-state index in [9.17, 15) is 13.2 Å². The molecular formula is C9H6F3N. The summed E-state index contributed by atoms with van der Waals surface area (Å²) in [5, 5.41) is 8.46. The summed E-state index contributed by atoms with van der Waals surface area (Å²) in [5.41, 5.74) is -1.09. The average molecular weight is 185 g/mol. The first kappa shape index (κ1) is 9.59. The molecule has 0 saturated carbocycles. The molecule has 4 heteroatoms. The first-order valence-corrected chi connectivity index (χ1v) is 3.59. The molecule has 0 aromatic heterocycles. The second-order valence-corrected chi connectivity index (χ2v) is 2.49. The molecule has 1 aliphatic rings. The predicted octanol–water partition coefficient (Wildman–Crippen LogP) is 2.88. The lowest BCUT2D eigenvalue weighted by Crippen LogP contribution is -2.13. The molecule has 1 rings (SSSR count). The van der Waals surface area contributed by atoms with Crippen LogP contribution in [0.4, 0.5) is 13.2 Å². The molecule has 0 spiro atoms. The van der Waals surface area contributed by atoms with E-state index >= 15 is 0 Å². The summed E-state index contributed by atoms with van der Waals surface area (Å²) >= 11 is 0. The van der Waals surface area contributed by atoms with Gasteiger partial charge in [0.25, 0.3) is 0 Å². The highest BCUT2D eigenvalue weighted by molar-refractivity contribution is 5.43. The minimum Gasteiger partial charge on any atom is -0.192 e. The fourth-order valence-corrected chi connectivity index (χ4v) is 1.000. The summed E-state index contributed by atoms with van der Waals surface area (Å²) in [5.74, 6) is 0. The maximum atomic E-state index is 12.3. The molecule has 0 aromatic carbocycles. The third kappa shape index (κ3) is 2.22. The van der Waals surface area contributed by atoms with Crippen LogP contribution in [0.5, 0.6) is 0 Å². The summed E-state index contributed by atoms with van der Waals surface area (Å²) in [4.78, 5) is 0. The van der Waals surface area contributed by atoms with Gasteiger partial charge in [-0.25, -0.2) is 0 Å². The van der Waals surface area contributed by atoms with Crippen molar-refractivity contribution in [2.24, 2.45) is 0 Å². The molecule has 0 bridgehead atoms. The van der Waals surface area contributed by atoms with E-state index in [0.29, 0.717) is 0 Å². The molecule has 0 heterocycles. The van der Waals surface area contributed by atoms with E-state index in [2.05, 4.69) is 0 Å². The first-order valence-electron chi connectivity index (χ1n) is 3.59. The van der Waals surface area contributed by atoms with Crippen LogP contribution < -0.4 is 0 Å². The first-order chi connectivity index (χ1) is 6.05. The van der Waals surface area contributed by atoms with Gasteiger partial charge < -0.3 is 0 Å². The van der Waals surface area contributed by atoms with Crippen molar-refractivity contribution >= 4 is 0 Å². The van der Waals surface area contributed by atoms with Gasteiger partial charge in [-0.3, -0.25) is 0 Å². The Morgan fingerprint density at radius 3 is 2.54 bits per heavy atom. The number of nitrogens with zero attached hydrogens (tertiary/aromatic N) is 1. The van der Waals surface area contributed by atoms with E-state index in [0.717, 1.165) is 0 Å². The van der Waals surface area contributed by atoms with Crippen molar-refractivity contribution in [2.75, 3.05) is 0 Å². The molecule has 1 aliphatic carbocycles. The summed E-state index contributed by atoms with van der Waals surface area (Å²) < 4.78 is 36.8. The van der Waals surface area contributed by atoms with Crippen LogP contribution in [-0.2, 0) is 0 Å². The van der Waals surface area contributed by atoms with Gasteiger partial charge in [0.2, 0.25) is 0 Å². The highest BCUT2D eigenvalue weighted by Gasteiger charge is 2.35. The lowest BCUT2D eigenvalue weighted by Gasteiger charge is -2.09. The summed E-state index contributed by atoms with van der Waals surface area (Å²) in [6.45, 7) is 0. The summed E-state index contributed by atoms with van der Waals surface area (Å²) in [6.07, 6.45) is 0.826. The van der Waals surface area contributed by atoms with Crippen molar-refractivity contribution in [1.82, 2.24) is 0 Å². The van der Waals surface area contributed by atoms with E-state index in [-0.39, 0.29) is 12.0 Å². The topological polar surface area (TPSA) is 23.8 Å². The molecule has 0 atom stereocenters. The molecule has 13 heavy (non-hydrogen) atoms. The second kappa shape index (κ2) is 3.48. The SMILES string of the molecule is N#CC1=C(C(F)(F)F)CC=CC=C1. The van der Waals surface area contributed by atoms with Crippen molar-refractivity contribution in [2.45, 2.75) is 12.6 Å². The maximum absolute atomic E-state index is 12.3. The molecular weight excluding hydrogens is 179 g/mol. The van der Waals surface area contributed by atoms with Crippen LogP contribution in [0.3, 0.4) is 0 Å². The molecule has 0 saturated heterocycles. The van der Waals surface area contributed by atoms with E-state index < -0.39 is 11.7 Å². The molecule has 0 unspecified atom stereocenters. The van der Waals surface area contributed by atoms with Gasteiger partial charge in [0.1, 0.15) is 0 Å². The standard InChI is InChI=1S/C9H6F3N/c10-9(11,12)8-5-3-1-2-4-7(8)6-13/h1-4H,5H2. The number of allylic oxidation sites excluding steroid dienone is 6. The zero-order valence-electron chi connectivity index (χ0n) is 6.60. The second-order valence-electron chi connectivity index (χ2n) is 2.49. The predicted molar refractivity (Wildman–Crippen MR) is 41.6 cm³/mol. The fraction of sp³-hybridized carbons (Fsp3) is 0.222. The van der Waals surface area contributed by atoms with Gasteiger partial charge in [-0.05, 0) is 12.5 Å². The Morgan fingerprint density at radius 1 is 1.31 bits per heavy atom. The van der Waals surface area contributed by atoms with Gasteiger partial charge in [-0.2, -0.15) is 18.4 Å². The van der Waals surface area contributed by atoms with E-state index in [4.69, 9.17) is 5.26 Å². The van der Waals surface area contributed by atoms with Gasteiger partial charge in [0.15, 0.2) is 0 Å². The third-order valence-corrected chi connectivity index (χ3v) is 1.62. The number of hydrogen-bond acceptors (Lipinski definition) is 1. The molecule has 0 aromatic rings. The number of halogens is 3. The van der Waals surface area contributed by atoms with E-state index in [1.807, 2.05) is 0 Å². The fourth-order valence-electron chi connectivity index (χ4n) is 1.000. The Balaban J connectivity index is 3.16. The van der Waals surface area contributed by atoms with Crippen molar-refractivity contribution in [1.29, 1.82) is 5.26 Å².